The predicted molar refractivity (Wildman–Crippen MR) is 91.4 cm³/mol. The predicted octanol–water partition coefficient (Wildman–Crippen LogP) is 1.35. The summed E-state index contributed by atoms with van der Waals surface area (Å²) < 4.78 is 34.2. The molecule has 0 radical (unpaired) electrons. The average molecular weight is 364 g/mol. The third-order valence-electron chi connectivity index (χ3n) is 4.17. The molecule has 7 nitrogen and oxygen atoms in total. The Bertz CT molecular complexity index is 829. The van der Waals surface area contributed by atoms with Crippen molar-refractivity contribution in [2.75, 3.05) is 6.54 Å². The molecule has 9 heteroatoms. The van der Waals surface area contributed by atoms with Crippen LogP contribution in [0.3, 0.4) is 0 Å². The van der Waals surface area contributed by atoms with Gasteiger partial charge in [-0.3, -0.25) is 4.57 Å². The number of nitrogens with two attached hydrogens (primary N) is 1. The Morgan fingerprint density at radius 3 is 2.43 bits per heavy atom. The molecule has 0 atom stereocenters. The fraction of sp³-hybridized carbons (Fsp3) is 0.500. The number of fused-ring (bicyclic) bond motifs is 1. The Labute approximate surface area is 141 Å². The van der Waals surface area contributed by atoms with E-state index in [2.05, 4.69) is 4.72 Å². The lowest BCUT2D eigenvalue weighted by molar-refractivity contribution is 0.363. The van der Waals surface area contributed by atoms with Crippen LogP contribution in [0, 0.1) is 0 Å². The zero-order chi connectivity index (χ0) is 16.5. The van der Waals surface area contributed by atoms with Gasteiger partial charge < -0.3 is 10.2 Å². The van der Waals surface area contributed by atoms with E-state index in [-0.39, 0.29) is 29.4 Å². The van der Waals surface area contributed by atoms with Crippen molar-refractivity contribution in [2.24, 2.45) is 12.8 Å². The molecule has 0 aliphatic carbocycles. The van der Waals surface area contributed by atoms with Crippen molar-refractivity contribution in [1.29, 1.82) is 0 Å². The van der Waals surface area contributed by atoms with Crippen molar-refractivity contribution in [3.05, 3.63) is 28.7 Å². The van der Waals surface area contributed by atoms with Gasteiger partial charge >= 0.3 is 5.76 Å². The molecule has 0 fully saturated rings. The lowest BCUT2D eigenvalue weighted by Gasteiger charge is -2.30. The number of hydrogen-bond donors (Lipinski definition) is 2. The first-order chi connectivity index (χ1) is 10.3. The first kappa shape index (κ1) is 19.7. The van der Waals surface area contributed by atoms with Crippen LogP contribution in [0.15, 0.2) is 32.3 Å². The minimum absolute atomic E-state index is 0. The molecule has 0 amide bonds. The highest BCUT2D eigenvalue weighted by Crippen LogP contribution is 2.21. The third-order valence-corrected chi connectivity index (χ3v) is 5.75. The molecule has 2 aromatic rings. The first-order valence-corrected chi connectivity index (χ1v) is 8.60. The van der Waals surface area contributed by atoms with Crippen molar-refractivity contribution in [3.8, 4) is 0 Å². The van der Waals surface area contributed by atoms with Crippen LogP contribution in [-0.2, 0) is 17.1 Å². The molecular formula is C14H22ClN3O4S. The van der Waals surface area contributed by atoms with E-state index in [4.69, 9.17) is 10.2 Å². The average Bonchev–Trinajstić information content (AvgIpc) is 2.79. The maximum atomic E-state index is 12.6. The highest BCUT2D eigenvalue weighted by atomic mass is 35.5. The fourth-order valence-electron chi connectivity index (χ4n) is 2.35. The highest BCUT2D eigenvalue weighted by Gasteiger charge is 2.31. The summed E-state index contributed by atoms with van der Waals surface area (Å²) in [5.74, 6) is -0.532. The van der Waals surface area contributed by atoms with Gasteiger partial charge in [0.25, 0.3) is 0 Å². The maximum Gasteiger partial charge on any atom is 0.419 e. The number of oxazole rings is 1. The number of benzene rings is 1. The van der Waals surface area contributed by atoms with Crippen molar-refractivity contribution >= 4 is 33.5 Å². The summed E-state index contributed by atoms with van der Waals surface area (Å²) in [6.45, 7) is 3.98. The number of sulfonamides is 1. The van der Waals surface area contributed by atoms with Gasteiger partial charge in [-0.2, -0.15) is 0 Å². The molecule has 0 aliphatic rings. The van der Waals surface area contributed by atoms with E-state index in [1.54, 1.807) is 13.1 Å². The van der Waals surface area contributed by atoms with E-state index >= 15 is 0 Å². The number of aromatic nitrogens is 1. The number of rotatable bonds is 6. The molecule has 1 heterocycles. The van der Waals surface area contributed by atoms with E-state index in [9.17, 15) is 13.2 Å². The van der Waals surface area contributed by atoms with E-state index in [1.165, 1.54) is 16.7 Å². The van der Waals surface area contributed by atoms with Crippen molar-refractivity contribution in [3.63, 3.8) is 0 Å². The molecule has 0 aliphatic heterocycles. The number of nitrogens with zero attached hydrogens (tertiary/aromatic N) is 1. The van der Waals surface area contributed by atoms with Crippen LogP contribution in [0.1, 0.15) is 26.7 Å². The van der Waals surface area contributed by atoms with E-state index in [0.717, 1.165) is 0 Å². The summed E-state index contributed by atoms with van der Waals surface area (Å²) in [7, 11) is -2.19. The highest BCUT2D eigenvalue weighted by molar-refractivity contribution is 7.89. The second kappa shape index (κ2) is 7.04. The van der Waals surface area contributed by atoms with Crippen LogP contribution in [0.2, 0.25) is 0 Å². The number of nitrogens with one attached hydrogen (secondary N) is 1. The molecule has 1 aromatic heterocycles. The van der Waals surface area contributed by atoms with Crippen LogP contribution in [0.25, 0.3) is 11.1 Å². The van der Waals surface area contributed by atoms with Gasteiger partial charge in [-0.15, -0.1) is 12.4 Å². The van der Waals surface area contributed by atoms with Crippen molar-refractivity contribution in [2.45, 2.75) is 37.1 Å². The third kappa shape index (κ3) is 3.60. The van der Waals surface area contributed by atoms with Gasteiger partial charge in [-0.1, -0.05) is 13.8 Å². The Morgan fingerprint density at radius 1 is 1.30 bits per heavy atom. The summed E-state index contributed by atoms with van der Waals surface area (Å²) >= 11 is 0. The van der Waals surface area contributed by atoms with Crippen molar-refractivity contribution in [1.82, 2.24) is 9.29 Å². The topological polar surface area (TPSA) is 107 Å². The van der Waals surface area contributed by atoms with Gasteiger partial charge in [0.05, 0.1) is 10.4 Å². The van der Waals surface area contributed by atoms with Crippen LogP contribution < -0.4 is 16.2 Å². The van der Waals surface area contributed by atoms with Gasteiger partial charge in [0, 0.05) is 25.2 Å². The Balaban J connectivity index is 0.00000264. The van der Waals surface area contributed by atoms with E-state index in [1.807, 2.05) is 13.8 Å². The minimum Gasteiger partial charge on any atom is -0.408 e. The normalized spacial score (nSPS) is 12.3. The van der Waals surface area contributed by atoms with Gasteiger partial charge in [-0.05, 0) is 25.0 Å². The smallest absolute Gasteiger partial charge is 0.408 e. The lowest BCUT2D eigenvalue weighted by atomic mass is 9.95. The minimum atomic E-state index is -3.75. The van der Waals surface area contributed by atoms with Crippen LogP contribution in [0.5, 0.6) is 0 Å². The van der Waals surface area contributed by atoms with Crippen LogP contribution in [-0.4, -0.2) is 25.1 Å². The molecule has 23 heavy (non-hydrogen) atoms. The Hall–Kier alpha value is -1.35. The summed E-state index contributed by atoms with van der Waals surface area (Å²) in [6.07, 6.45) is 1.17. The molecular weight excluding hydrogens is 342 g/mol. The van der Waals surface area contributed by atoms with E-state index < -0.39 is 21.3 Å². The molecule has 130 valence electrons. The monoisotopic (exact) mass is 363 g/mol. The number of hydrogen-bond acceptors (Lipinski definition) is 5. The molecule has 0 unspecified atom stereocenters. The summed E-state index contributed by atoms with van der Waals surface area (Å²) in [4.78, 5) is 11.5. The lowest BCUT2D eigenvalue weighted by Crippen LogP contribution is -2.52. The fourth-order valence-corrected chi connectivity index (χ4v) is 3.92. The zero-order valence-corrected chi connectivity index (χ0v) is 15.0. The molecule has 1 aromatic carbocycles. The largest absolute Gasteiger partial charge is 0.419 e. The van der Waals surface area contributed by atoms with Crippen LogP contribution >= 0.6 is 12.4 Å². The standard InChI is InChI=1S/C14H21N3O4S.ClH/c1-4-14(5-2,9-15)16-22(19,20)10-6-7-11-12(8-10)21-13(18)17(11)3;/h6-8,16H,4-5,9,15H2,1-3H3;1H. The molecule has 2 rings (SSSR count). The quantitative estimate of drug-likeness (QED) is 0.805. The number of halogens is 1. The molecule has 0 saturated carbocycles. The van der Waals surface area contributed by atoms with Gasteiger partial charge in [0.1, 0.15) is 0 Å². The number of aryl methyl sites for hydroxylation is 1. The second-order valence-electron chi connectivity index (χ2n) is 5.35. The van der Waals surface area contributed by atoms with Gasteiger partial charge in [0.15, 0.2) is 5.58 Å². The second-order valence-corrected chi connectivity index (χ2v) is 7.04. The Morgan fingerprint density at radius 2 is 1.91 bits per heavy atom. The summed E-state index contributed by atoms with van der Waals surface area (Å²) in [5, 5.41) is 0. The molecule has 3 N–H and O–H groups in total. The summed E-state index contributed by atoms with van der Waals surface area (Å²) in [5.41, 5.74) is 5.84. The van der Waals surface area contributed by atoms with Crippen LogP contribution in [0.4, 0.5) is 0 Å². The van der Waals surface area contributed by atoms with E-state index in [0.29, 0.717) is 18.4 Å². The summed E-state index contributed by atoms with van der Waals surface area (Å²) in [6, 6.07) is 4.36. The molecule has 0 spiro atoms. The first-order valence-electron chi connectivity index (χ1n) is 7.12. The molecule has 0 saturated heterocycles. The maximum absolute atomic E-state index is 12.6. The van der Waals surface area contributed by atoms with Gasteiger partial charge in [-0.25, -0.2) is 17.9 Å². The van der Waals surface area contributed by atoms with Gasteiger partial charge in [0.2, 0.25) is 10.0 Å². The van der Waals surface area contributed by atoms with Crippen molar-refractivity contribution < 1.29 is 12.8 Å². The SMILES string of the molecule is CCC(CC)(CN)NS(=O)(=O)c1ccc2c(c1)oc(=O)n2C.Cl. The Kier molecular flexibility index (Phi) is 6.03. The molecule has 0 bridgehead atoms. The zero-order valence-electron chi connectivity index (χ0n) is 13.3.